The number of aliphatic hydroxyl groups excluding tert-OH is 1. The van der Waals surface area contributed by atoms with Gasteiger partial charge in [0.05, 0.1) is 22.0 Å². The van der Waals surface area contributed by atoms with E-state index in [9.17, 15) is 5.11 Å². The summed E-state index contributed by atoms with van der Waals surface area (Å²) < 4.78 is 3.05. The molecule has 0 saturated heterocycles. The smallest absolute Gasteiger partial charge is 0.0738 e. The second kappa shape index (κ2) is 6.23. The van der Waals surface area contributed by atoms with E-state index >= 15 is 0 Å². The van der Waals surface area contributed by atoms with Crippen molar-refractivity contribution in [1.29, 1.82) is 0 Å². The van der Waals surface area contributed by atoms with Gasteiger partial charge in [-0.1, -0.05) is 0 Å². The van der Waals surface area contributed by atoms with E-state index in [0.717, 1.165) is 28.8 Å². The fourth-order valence-corrected chi connectivity index (χ4v) is 4.77. The van der Waals surface area contributed by atoms with Gasteiger partial charge in [-0.2, -0.15) is 5.10 Å². The molecule has 0 spiro atoms. The standard InChI is InChI=1S/C16H21BrN2OS/c1-3-19-13(16(17)10(2)18-19)9-14(20)11-5-4-6-15-12(11)7-8-21-15/h7-8,11,14,20H,3-6,9H2,1-2H3. The Morgan fingerprint density at radius 2 is 2.38 bits per heavy atom. The first-order chi connectivity index (χ1) is 10.1. The van der Waals surface area contributed by atoms with Crippen LogP contribution in [0, 0.1) is 6.92 Å². The summed E-state index contributed by atoms with van der Waals surface area (Å²) in [5.41, 5.74) is 3.48. The molecule has 5 heteroatoms. The summed E-state index contributed by atoms with van der Waals surface area (Å²) in [4.78, 5) is 1.46. The SMILES string of the molecule is CCn1nc(C)c(Br)c1CC(O)C1CCCc2sccc21. The van der Waals surface area contributed by atoms with E-state index in [1.165, 1.54) is 23.3 Å². The number of thiophene rings is 1. The van der Waals surface area contributed by atoms with Crippen LogP contribution in [0.3, 0.4) is 0 Å². The molecular formula is C16H21BrN2OS. The van der Waals surface area contributed by atoms with E-state index in [1.807, 2.05) is 22.9 Å². The Hall–Kier alpha value is -0.650. The first kappa shape index (κ1) is 15.3. The summed E-state index contributed by atoms with van der Waals surface area (Å²) >= 11 is 5.46. The number of hydrogen-bond acceptors (Lipinski definition) is 3. The molecule has 1 aliphatic carbocycles. The monoisotopic (exact) mass is 368 g/mol. The molecule has 21 heavy (non-hydrogen) atoms. The van der Waals surface area contributed by atoms with Crippen LogP contribution in [-0.2, 0) is 19.4 Å². The molecule has 2 atom stereocenters. The normalized spacial score (nSPS) is 19.5. The molecule has 2 aromatic rings. The van der Waals surface area contributed by atoms with Gasteiger partial charge in [0.15, 0.2) is 0 Å². The maximum Gasteiger partial charge on any atom is 0.0738 e. The molecule has 3 nitrogen and oxygen atoms in total. The molecule has 114 valence electrons. The number of aryl methyl sites for hydroxylation is 3. The van der Waals surface area contributed by atoms with Gasteiger partial charge in [0.1, 0.15) is 0 Å². The first-order valence-electron chi connectivity index (χ1n) is 7.58. The van der Waals surface area contributed by atoms with Crippen molar-refractivity contribution in [3.8, 4) is 0 Å². The predicted octanol–water partition coefficient (Wildman–Crippen LogP) is 4.06. The van der Waals surface area contributed by atoms with Gasteiger partial charge in [0.25, 0.3) is 0 Å². The molecule has 0 radical (unpaired) electrons. The topological polar surface area (TPSA) is 38.0 Å². The Kier molecular flexibility index (Phi) is 4.52. The van der Waals surface area contributed by atoms with Crippen molar-refractivity contribution in [2.75, 3.05) is 0 Å². The average molecular weight is 369 g/mol. The molecular weight excluding hydrogens is 348 g/mol. The van der Waals surface area contributed by atoms with Crippen molar-refractivity contribution in [3.05, 3.63) is 37.7 Å². The highest BCUT2D eigenvalue weighted by Gasteiger charge is 2.29. The van der Waals surface area contributed by atoms with Crippen LogP contribution in [0.5, 0.6) is 0 Å². The Balaban J connectivity index is 1.84. The Morgan fingerprint density at radius 1 is 1.57 bits per heavy atom. The minimum atomic E-state index is -0.337. The molecule has 0 saturated carbocycles. The lowest BCUT2D eigenvalue weighted by Crippen LogP contribution is -2.25. The van der Waals surface area contributed by atoms with Crippen LogP contribution in [-0.4, -0.2) is 21.0 Å². The fraction of sp³-hybridized carbons (Fsp3) is 0.562. The summed E-state index contributed by atoms with van der Waals surface area (Å²) in [6.45, 7) is 4.93. The molecule has 0 amide bonds. The second-order valence-electron chi connectivity index (χ2n) is 5.73. The first-order valence-corrected chi connectivity index (χ1v) is 9.25. The van der Waals surface area contributed by atoms with Crippen molar-refractivity contribution in [3.63, 3.8) is 0 Å². The fourth-order valence-electron chi connectivity index (χ4n) is 3.33. The van der Waals surface area contributed by atoms with Crippen LogP contribution in [0.15, 0.2) is 15.9 Å². The average Bonchev–Trinajstić information content (AvgIpc) is 3.06. The van der Waals surface area contributed by atoms with Gasteiger partial charge in [0, 0.05) is 23.8 Å². The van der Waals surface area contributed by atoms with E-state index in [4.69, 9.17) is 0 Å². The summed E-state index contributed by atoms with van der Waals surface area (Å²) in [6, 6.07) is 2.20. The van der Waals surface area contributed by atoms with Crippen LogP contribution in [0.2, 0.25) is 0 Å². The molecule has 3 rings (SSSR count). The minimum absolute atomic E-state index is 0.271. The lowest BCUT2D eigenvalue weighted by Gasteiger charge is -2.27. The molecule has 0 aromatic carbocycles. The number of halogens is 1. The summed E-state index contributed by atoms with van der Waals surface area (Å²) in [5, 5.41) is 17.5. The van der Waals surface area contributed by atoms with E-state index in [2.05, 4.69) is 39.4 Å². The maximum atomic E-state index is 10.8. The minimum Gasteiger partial charge on any atom is -0.392 e. The van der Waals surface area contributed by atoms with Crippen molar-refractivity contribution >= 4 is 27.3 Å². The van der Waals surface area contributed by atoms with E-state index in [0.29, 0.717) is 6.42 Å². The Labute approximate surface area is 138 Å². The molecule has 1 aliphatic rings. The maximum absolute atomic E-state index is 10.8. The highest BCUT2D eigenvalue weighted by molar-refractivity contribution is 9.10. The number of hydrogen-bond donors (Lipinski definition) is 1. The van der Waals surface area contributed by atoms with Gasteiger partial charge in [0.2, 0.25) is 0 Å². The molecule has 2 aromatic heterocycles. The quantitative estimate of drug-likeness (QED) is 0.883. The number of rotatable bonds is 4. The third kappa shape index (κ3) is 2.83. The Bertz CT molecular complexity index is 634. The largest absolute Gasteiger partial charge is 0.392 e. The zero-order valence-electron chi connectivity index (χ0n) is 12.5. The molecule has 0 aliphatic heterocycles. The van der Waals surface area contributed by atoms with Gasteiger partial charge >= 0.3 is 0 Å². The Morgan fingerprint density at radius 3 is 3.14 bits per heavy atom. The molecule has 2 unspecified atom stereocenters. The lowest BCUT2D eigenvalue weighted by atomic mass is 9.82. The van der Waals surface area contributed by atoms with Gasteiger partial charge in [-0.05, 0) is 66.0 Å². The summed E-state index contributed by atoms with van der Waals surface area (Å²) in [6.07, 6.45) is 3.77. The molecule has 1 N–H and O–H groups in total. The van der Waals surface area contributed by atoms with Crippen LogP contribution < -0.4 is 0 Å². The van der Waals surface area contributed by atoms with Crippen molar-refractivity contribution in [2.24, 2.45) is 0 Å². The zero-order valence-corrected chi connectivity index (χ0v) is 14.9. The van der Waals surface area contributed by atoms with Gasteiger partial charge in [-0.3, -0.25) is 4.68 Å². The molecule has 0 fully saturated rings. The number of nitrogens with zero attached hydrogens (tertiary/aromatic N) is 2. The van der Waals surface area contributed by atoms with E-state index in [1.54, 1.807) is 0 Å². The van der Waals surface area contributed by atoms with E-state index < -0.39 is 0 Å². The highest BCUT2D eigenvalue weighted by Crippen LogP contribution is 2.38. The van der Waals surface area contributed by atoms with Crippen molar-refractivity contribution < 1.29 is 5.11 Å². The van der Waals surface area contributed by atoms with Gasteiger partial charge in [-0.25, -0.2) is 0 Å². The van der Waals surface area contributed by atoms with Crippen molar-refractivity contribution in [2.45, 2.75) is 58.1 Å². The lowest BCUT2D eigenvalue weighted by molar-refractivity contribution is 0.132. The van der Waals surface area contributed by atoms with Gasteiger partial charge < -0.3 is 5.11 Å². The van der Waals surface area contributed by atoms with E-state index in [-0.39, 0.29) is 12.0 Å². The molecule has 0 bridgehead atoms. The van der Waals surface area contributed by atoms with Crippen LogP contribution in [0.1, 0.15) is 47.5 Å². The predicted molar refractivity (Wildman–Crippen MR) is 90.0 cm³/mol. The molecule has 2 heterocycles. The highest BCUT2D eigenvalue weighted by atomic mass is 79.9. The number of aromatic nitrogens is 2. The van der Waals surface area contributed by atoms with Crippen LogP contribution >= 0.6 is 27.3 Å². The van der Waals surface area contributed by atoms with Crippen LogP contribution in [0.4, 0.5) is 0 Å². The van der Waals surface area contributed by atoms with Crippen LogP contribution in [0.25, 0.3) is 0 Å². The summed E-state index contributed by atoms with van der Waals surface area (Å²) in [7, 11) is 0. The third-order valence-electron chi connectivity index (χ3n) is 4.42. The van der Waals surface area contributed by atoms with Crippen molar-refractivity contribution in [1.82, 2.24) is 9.78 Å². The summed E-state index contributed by atoms with van der Waals surface area (Å²) in [5.74, 6) is 0.271. The number of fused-ring (bicyclic) bond motifs is 1. The third-order valence-corrected chi connectivity index (χ3v) is 6.45. The zero-order chi connectivity index (χ0) is 15.0. The van der Waals surface area contributed by atoms with Gasteiger partial charge in [-0.15, -0.1) is 11.3 Å². The number of aliphatic hydroxyl groups is 1. The second-order valence-corrected chi connectivity index (χ2v) is 7.52.